The Hall–Kier alpha value is -7.73. The van der Waals surface area contributed by atoms with Gasteiger partial charge in [-0.25, -0.2) is 21.0 Å². The van der Waals surface area contributed by atoms with Crippen LogP contribution in [0.5, 0.6) is 0 Å². The number of nitrogens with zero attached hydrogens (tertiary/aromatic N) is 8. The first-order valence-corrected chi connectivity index (χ1v) is 29.2. The van der Waals surface area contributed by atoms with Crippen LogP contribution in [-0.4, -0.2) is 147 Å². The molecule has 3 aliphatic rings. The van der Waals surface area contributed by atoms with E-state index >= 15 is 0 Å². The van der Waals surface area contributed by atoms with Gasteiger partial charge in [-0.2, -0.15) is 15.3 Å². The van der Waals surface area contributed by atoms with Crippen LogP contribution in [0.1, 0.15) is 121 Å². The second-order valence-corrected chi connectivity index (χ2v) is 22.5. The molecule has 1 amide bonds. The molecule has 6 aromatic rings. The van der Waals surface area contributed by atoms with E-state index in [4.69, 9.17) is 10.4 Å². The fourth-order valence-corrected chi connectivity index (χ4v) is 11.4. The molecule has 5 heterocycles. The number of hydroxylamine groups is 1. The highest BCUT2D eigenvalue weighted by Crippen LogP contribution is 2.31. The molecule has 1 aliphatic carbocycles. The van der Waals surface area contributed by atoms with E-state index < -0.39 is 11.9 Å². The first-order chi connectivity index (χ1) is 41.6. The number of β-amino-alcohol motifs (C(OH)–C–C–N with tert-alkyl or cyclic N) is 2. The lowest BCUT2D eigenvalue weighted by atomic mass is 9.97. The van der Waals surface area contributed by atoms with Gasteiger partial charge < -0.3 is 30.0 Å². The largest absolute Gasteiger partial charge is 0.466 e. The molecule has 2 aliphatic heterocycles. The number of methoxy groups -OCH3 is 2. The Morgan fingerprint density at radius 1 is 0.540 bits per heavy atom. The van der Waals surface area contributed by atoms with Crippen molar-refractivity contribution in [3.63, 3.8) is 0 Å². The van der Waals surface area contributed by atoms with E-state index in [0.29, 0.717) is 30.6 Å². The van der Waals surface area contributed by atoms with Crippen LogP contribution in [0.25, 0.3) is 18.2 Å². The summed E-state index contributed by atoms with van der Waals surface area (Å²) in [5.41, 5.74) is 18.1. The number of aromatic nitrogens is 6. The fraction of sp³-hybridized carbons (Fsp3) is 0.439. The van der Waals surface area contributed by atoms with Gasteiger partial charge in [0, 0.05) is 100 Å². The van der Waals surface area contributed by atoms with Crippen molar-refractivity contribution >= 4 is 42.4 Å². The van der Waals surface area contributed by atoms with E-state index in [1.54, 1.807) is 48.0 Å². The Balaban J connectivity index is 0.000000219. The van der Waals surface area contributed by atoms with Crippen molar-refractivity contribution in [3.05, 3.63) is 175 Å². The Kier molecular flexibility index (Phi) is 27.8. The highest BCUT2D eigenvalue weighted by Gasteiger charge is 2.34. The molecule has 0 unspecified atom stereocenters. The van der Waals surface area contributed by atoms with Crippen molar-refractivity contribution in [2.24, 2.45) is 33.0 Å². The van der Waals surface area contributed by atoms with E-state index in [1.807, 2.05) is 78.5 Å². The second kappa shape index (κ2) is 34.6. The number of likely N-dealkylation sites (tertiary alicyclic amines) is 2. The number of carbonyl (C=O) groups excluding carboxylic acids is 4. The third-order valence-corrected chi connectivity index (χ3v) is 16.4. The molecule has 1 saturated carbocycles. The monoisotopic (exact) mass is 1200 g/mol. The van der Waals surface area contributed by atoms with Crippen molar-refractivity contribution < 1.29 is 54.4 Å². The average Bonchev–Trinajstić information content (AvgIpc) is 2.13. The number of aryl methyl sites for hydroxylation is 6. The average molecular weight is 1200 g/mol. The van der Waals surface area contributed by atoms with Gasteiger partial charge in [0.15, 0.2) is 0 Å². The lowest BCUT2D eigenvalue weighted by molar-refractivity contribution is -0.135. The highest BCUT2D eigenvalue weighted by molar-refractivity contribution is 5.91. The Bertz CT molecular complexity index is 3110. The summed E-state index contributed by atoms with van der Waals surface area (Å²) in [6.45, 7) is 15.4. The van der Waals surface area contributed by atoms with Gasteiger partial charge in [-0.15, -0.1) is 0 Å². The fourth-order valence-electron chi connectivity index (χ4n) is 11.4. The third kappa shape index (κ3) is 21.3. The standard InChI is InChI=1S/C22H29N3O3.C21H28N4O3.C12H20N2O.C11H10O3.H3NO/c1-15-21(16(2)24(3)23-15)12-19-11-20(26)14-25(19)13-18-7-5-17(6-8-18)9-10-22(27)28-4;1-14-20(15(2)24(3)22-14)11-18-10-19(26)13-25(18)12-17-6-4-16(5-7-17)8-9-21(27)23-28;1-8-12(9(2)14(3)13-8)7-10-4-5-11(15)6-10;1-14-11(13)7-6-9-2-4-10(8-12)5-3-9;1-2/h5-10,19-20,26H,11-14H2,1-4H3;4-9,18-19,26,28H,10-13H2,1-3H3,(H,23,27);10-11,15H,4-7H2,1-3H3;2-8H,1H3;2H,1H2/b10-9+;9-8+;;7-6+;/t19-,20+;18-,19+;10-,11-;;/m111../s1. The zero-order valence-electron chi connectivity index (χ0n) is 52.3. The van der Waals surface area contributed by atoms with Crippen molar-refractivity contribution in [3.8, 4) is 0 Å². The van der Waals surface area contributed by atoms with Crippen LogP contribution in [0.15, 0.2) is 91.0 Å². The summed E-state index contributed by atoms with van der Waals surface area (Å²) in [7, 11) is 8.62. The number of aliphatic hydroxyl groups excluding tert-OH is 3. The normalized spacial score (nSPS) is 19.2. The number of hydrogen-bond donors (Lipinski definition) is 7. The van der Waals surface area contributed by atoms with Crippen molar-refractivity contribution in [2.75, 3.05) is 27.3 Å². The van der Waals surface area contributed by atoms with Crippen LogP contribution < -0.4 is 11.4 Å². The van der Waals surface area contributed by atoms with Gasteiger partial charge in [-0.3, -0.25) is 38.6 Å². The highest BCUT2D eigenvalue weighted by atomic mass is 16.5. The summed E-state index contributed by atoms with van der Waals surface area (Å²) in [4.78, 5) is 48.0. The summed E-state index contributed by atoms with van der Waals surface area (Å²) in [5.74, 6) is 2.84. The maximum absolute atomic E-state index is 11.2. The second-order valence-electron chi connectivity index (χ2n) is 22.5. The maximum Gasteiger partial charge on any atom is 0.330 e. The molecule has 3 aromatic heterocycles. The molecule has 3 aromatic carbocycles. The van der Waals surface area contributed by atoms with Crippen LogP contribution in [0.4, 0.5) is 0 Å². The summed E-state index contributed by atoms with van der Waals surface area (Å²) in [6.07, 6.45) is 16.7. The molecule has 0 radical (unpaired) electrons. The molecular weight excluding hydrogens is 1110 g/mol. The maximum atomic E-state index is 11.2. The van der Waals surface area contributed by atoms with E-state index in [0.717, 1.165) is 110 Å². The minimum absolute atomic E-state index is 0.0627. The van der Waals surface area contributed by atoms with Crippen LogP contribution in [0.2, 0.25) is 0 Å². The summed E-state index contributed by atoms with van der Waals surface area (Å²) >= 11 is 0. The molecule has 8 N–H and O–H groups in total. The number of carbonyl (C=O) groups is 4. The number of benzene rings is 3. The van der Waals surface area contributed by atoms with E-state index in [1.165, 1.54) is 71.8 Å². The van der Waals surface area contributed by atoms with Gasteiger partial charge in [-0.05, 0) is 162 Å². The third-order valence-electron chi connectivity index (χ3n) is 16.4. The van der Waals surface area contributed by atoms with Gasteiger partial charge >= 0.3 is 11.9 Å². The molecule has 470 valence electrons. The first kappa shape index (κ1) is 70.0. The van der Waals surface area contributed by atoms with Gasteiger partial charge in [-0.1, -0.05) is 72.8 Å². The van der Waals surface area contributed by atoms with Crippen LogP contribution in [0.3, 0.4) is 0 Å². The van der Waals surface area contributed by atoms with Gasteiger partial charge in [0.25, 0.3) is 5.91 Å². The van der Waals surface area contributed by atoms with E-state index in [2.05, 4.69) is 87.2 Å². The molecule has 0 spiro atoms. The number of nitrogens with two attached hydrogens (primary N) is 1. The quantitative estimate of drug-likeness (QED) is 0.0161. The number of amides is 1. The molecule has 6 atom stereocenters. The predicted molar refractivity (Wildman–Crippen MR) is 334 cm³/mol. The number of rotatable bonds is 17. The minimum atomic E-state index is -0.557. The molecule has 21 nitrogen and oxygen atoms in total. The number of aldehydes is 1. The number of esters is 2. The topological polar surface area (TPSA) is 286 Å². The van der Waals surface area contributed by atoms with E-state index in [-0.39, 0.29) is 30.3 Å². The summed E-state index contributed by atoms with van der Waals surface area (Å²) in [6, 6.07) is 23.5. The summed E-state index contributed by atoms with van der Waals surface area (Å²) in [5, 5.41) is 58.5. The molecular formula is C66H90N10O11. The number of hydrogen-bond acceptors (Lipinski definition) is 17. The van der Waals surface area contributed by atoms with E-state index in [9.17, 15) is 34.5 Å². The Morgan fingerprint density at radius 3 is 1.22 bits per heavy atom. The molecule has 3 fully saturated rings. The van der Waals surface area contributed by atoms with Gasteiger partial charge in [0.1, 0.15) is 6.29 Å². The molecule has 0 bridgehead atoms. The molecule has 21 heteroatoms. The van der Waals surface area contributed by atoms with Crippen molar-refractivity contribution in [2.45, 2.75) is 136 Å². The number of aliphatic hydroxyl groups is 3. The van der Waals surface area contributed by atoms with Crippen molar-refractivity contribution in [1.82, 2.24) is 44.6 Å². The Morgan fingerprint density at radius 2 is 0.897 bits per heavy atom. The number of ether oxygens (including phenoxy) is 2. The Labute approximate surface area is 511 Å². The number of nitrogens with one attached hydrogen (secondary N) is 1. The summed E-state index contributed by atoms with van der Waals surface area (Å²) < 4.78 is 14.9. The SMILES string of the molecule is COC(=O)/C=C/c1ccc(C=O)cc1.COC(=O)/C=C/c1ccc(CN2C[C@@H](O)C[C@@H]2Cc2c(C)nn(C)c2C)cc1.Cc1nn(C)c(C)c1C[C@@H]1CC[C@@H](O)C1.Cc1nn(C)c(C)c1C[C@H]1C[C@H](O)CN1Cc1ccc(/C=C/C(=O)NO)cc1.NO. The first-order valence-electron chi connectivity index (χ1n) is 29.2. The molecule has 87 heavy (non-hydrogen) atoms. The lowest BCUT2D eigenvalue weighted by Crippen LogP contribution is -2.31. The van der Waals surface area contributed by atoms with Crippen LogP contribution >= 0.6 is 0 Å². The van der Waals surface area contributed by atoms with Crippen LogP contribution in [-0.2, 0) is 77.4 Å². The molecule has 2 saturated heterocycles. The smallest absolute Gasteiger partial charge is 0.330 e. The predicted octanol–water partition coefficient (Wildman–Crippen LogP) is 6.89. The zero-order chi connectivity index (χ0) is 63.9. The van der Waals surface area contributed by atoms with Gasteiger partial charge in [0.05, 0.1) is 49.6 Å². The van der Waals surface area contributed by atoms with Crippen molar-refractivity contribution in [1.29, 1.82) is 0 Å². The lowest BCUT2D eigenvalue weighted by Gasteiger charge is -2.24. The zero-order valence-corrected chi connectivity index (χ0v) is 52.3. The van der Waals surface area contributed by atoms with Crippen LogP contribution in [0, 0.1) is 47.5 Å². The molecule has 9 rings (SSSR count). The minimum Gasteiger partial charge on any atom is -0.466 e. The van der Waals surface area contributed by atoms with Gasteiger partial charge in [0.2, 0.25) is 0 Å².